The van der Waals surface area contributed by atoms with E-state index in [9.17, 15) is 9.59 Å². The molecular formula is C11H19N3O3. The molecule has 2 saturated heterocycles. The molecule has 0 aromatic carbocycles. The first-order valence-electron chi connectivity index (χ1n) is 6.03. The molecule has 96 valence electrons. The normalized spacial score (nSPS) is 28.9. The lowest BCUT2D eigenvalue weighted by molar-refractivity contribution is -0.135. The summed E-state index contributed by atoms with van der Waals surface area (Å²) < 4.78 is 5.54. The molecule has 0 aliphatic carbocycles. The molecule has 2 heterocycles. The van der Waals surface area contributed by atoms with Gasteiger partial charge in [-0.2, -0.15) is 0 Å². The first kappa shape index (κ1) is 12.3. The minimum absolute atomic E-state index is 0.0231. The zero-order chi connectivity index (χ0) is 12.3. The van der Waals surface area contributed by atoms with E-state index in [-0.39, 0.29) is 24.0 Å². The molecule has 2 amide bonds. The Balaban J connectivity index is 1.80. The van der Waals surface area contributed by atoms with Crippen LogP contribution in [-0.2, 0) is 14.3 Å². The number of nitrogens with one attached hydrogen (secondary N) is 2. The molecule has 0 radical (unpaired) electrons. The van der Waals surface area contributed by atoms with Crippen LogP contribution < -0.4 is 10.6 Å². The van der Waals surface area contributed by atoms with Crippen molar-refractivity contribution in [1.82, 2.24) is 15.5 Å². The molecular weight excluding hydrogens is 222 g/mol. The van der Waals surface area contributed by atoms with Crippen LogP contribution >= 0.6 is 0 Å². The maximum absolute atomic E-state index is 12.0. The number of likely N-dealkylation sites (N-methyl/N-ethyl adjacent to an activating group) is 1. The summed E-state index contributed by atoms with van der Waals surface area (Å²) in [5.74, 6) is -0.0580. The fourth-order valence-electron chi connectivity index (χ4n) is 2.20. The first-order chi connectivity index (χ1) is 8.16. The van der Waals surface area contributed by atoms with Crippen LogP contribution in [0.5, 0.6) is 0 Å². The Labute approximate surface area is 101 Å². The van der Waals surface area contributed by atoms with Crippen LogP contribution in [-0.4, -0.2) is 62.1 Å². The van der Waals surface area contributed by atoms with Gasteiger partial charge in [0.2, 0.25) is 11.8 Å². The van der Waals surface area contributed by atoms with E-state index in [0.717, 1.165) is 13.1 Å². The quantitative estimate of drug-likeness (QED) is 0.645. The fourth-order valence-corrected chi connectivity index (χ4v) is 2.20. The van der Waals surface area contributed by atoms with Gasteiger partial charge in [-0.1, -0.05) is 0 Å². The first-order valence-corrected chi connectivity index (χ1v) is 6.03. The molecule has 0 aromatic rings. The molecule has 0 bridgehead atoms. The molecule has 0 spiro atoms. The average Bonchev–Trinajstić information content (AvgIpc) is 2.76. The summed E-state index contributed by atoms with van der Waals surface area (Å²) in [6.07, 6.45) is 1.10. The van der Waals surface area contributed by atoms with Crippen LogP contribution in [0.2, 0.25) is 0 Å². The zero-order valence-electron chi connectivity index (χ0n) is 10.1. The predicted octanol–water partition coefficient (Wildman–Crippen LogP) is -1.29. The number of morpholine rings is 1. The zero-order valence-corrected chi connectivity index (χ0v) is 10.1. The van der Waals surface area contributed by atoms with E-state index in [4.69, 9.17) is 4.74 Å². The van der Waals surface area contributed by atoms with Gasteiger partial charge < -0.3 is 20.3 Å². The summed E-state index contributed by atoms with van der Waals surface area (Å²) in [6.45, 7) is 2.90. The van der Waals surface area contributed by atoms with Crippen molar-refractivity contribution in [2.24, 2.45) is 0 Å². The number of amides is 2. The molecule has 2 rings (SSSR count). The Morgan fingerprint density at radius 1 is 1.59 bits per heavy atom. The van der Waals surface area contributed by atoms with E-state index < -0.39 is 0 Å². The van der Waals surface area contributed by atoms with Crippen molar-refractivity contribution in [3.63, 3.8) is 0 Å². The van der Waals surface area contributed by atoms with Gasteiger partial charge in [-0.3, -0.25) is 9.59 Å². The maximum Gasteiger partial charge on any atom is 0.244 e. The summed E-state index contributed by atoms with van der Waals surface area (Å²) in [4.78, 5) is 24.7. The van der Waals surface area contributed by atoms with E-state index >= 15 is 0 Å². The number of nitrogens with zero attached hydrogens (tertiary/aromatic N) is 1. The van der Waals surface area contributed by atoms with Crippen molar-refractivity contribution in [2.75, 3.05) is 33.3 Å². The summed E-state index contributed by atoms with van der Waals surface area (Å²) in [6, 6.07) is -0.343. The van der Waals surface area contributed by atoms with Crippen LogP contribution in [0.25, 0.3) is 0 Å². The second kappa shape index (κ2) is 5.46. The van der Waals surface area contributed by atoms with Crippen molar-refractivity contribution in [1.29, 1.82) is 0 Å². The van der Waals surface area contributed by atoms with Crippen molar-refractivity contribution >= 4 is 11.8 Å². The number of ether oxygens (including phenoxy) is 1. The lowest BCUT2D eigenvalue weighted by Crippen LogP contribution is -2.49. The Morgan fingerprint density at radius 2 is 2.41 bits per heavy atom. The Morgan fingerprint density at radius 3 is 3.00 bits per heavy atom. The van der Waals surface area contributed by atoms with Gasteiger partial charge in [-0.05, 0) is 6.42 Å². The Kier molecular flexibility index (Phi) is 3.96. The van der Waals surface area contributed by atoms with Crippen molar-refractivity contribution < 1.29 is 14.3 Å². The smallest absolute Gasteiger partial charge is 0.244 e. The number of hydrogen-bond donors (Lipinski definition) is 2. The average molecular weight is 241 g/mol. The highest BCUT2D eigenvalue weighted by molar-refractivity contribution is 5.90. The van der Waals surface area contributed by atoms with Crippen molar-refractivity contribution in [3.8, 4) is 0 Å². The number of rotatable bonds is 3. The van der Waals surface area contributed by atoms with Gasteiger partial charge in [0.05, 0.1) is 12.7 Å². The van der Waals surface area contributed by atoms with Crippen LogP contribution in [0.15, 0.2) is 0 Å². The van der Waals surface area contributed by atoms with E-state index in [1.54, 1.807) is 11.9 Å². The standard InChI is InChI=1S/C11H19N3O3/c1-14(7-8-6-12-4-5-17-8)11(16)9-2-3-10(15)13-9/h8-9,12H,2-7H2,1H3,(H,13,15)/t8?,9-/m1/s1. The van der Waals surface area contributed by atoms with Crippen LogP contribution in [0.1, 0.15) is 12.8 Å². The number of carbonyl (C=O) groups excluding carboxylic acids is 2. The molecule has 6 nitrogen and oxygen atoms in total. The minimum Gasteiger partial charge on any atom is -0.374 e. The topological polar surface area (TPSA) is 70.7 Å². The van der Waals surface area contributed by atoms with Gasteiger partial charge in [0.25, 0.3) is 0 Å². The molecule has 0 aromatic heterocycles. The van der Waals surface area contributed by atoms with Crippen molar-refractivity contribution in [3.05, 3.63) is 0 Å². The lowest BCUT2D eigenvalue weighted by atomic mass is 10.2. The molecule has 1 unspecified atom stereocenters. The summed E-state index contributed by atoms with van der Waals surface area (Å²) in [5, 5.41) is 5.91. The summed E-state index contributed by atoms with van der Waals surface area (Å²) in [5.41, 5.74) is 0. The minimum atomic E-state index is -0.343. The second-order valence-corrected chi connectivity index (χ2v) is 4.57. The molecule has 2 fully saturated rings. The molecule has 17 heavy (non-hydrogen) atoms. The third-order valence-corrected chi connectivity index (χ3v) is 3.15. The van der Waals surface area contributed by atoms with Gasteiger partial charge in [0.1, 0.15) is 6.04 Å². The molecule has 6 heteroatoms. The molecule has 0 saturated carbocycles. The fraction of sp³-hybridized carbons (Fsp3) is 0.818. The molecule has 2 atom stereocenters. The highest BCUT2D eigenvalue weighted by Crippen LogP contribution is 2.10. The van der Waals surface area contributed by atoms with Gasteiger partial charge in [-0.25, -0.2) is 0 Å². The molecule has 2 N–H and O–H groups in total. The van der Waals surface area contributed by atoms with Crippen molar-refractivity contribution in [2.45, 2.75) is 25.0 Å². The van der Waals surface area contributed by atoms with Gasteiger partial charge in [-0.15, -0.1) is 0 Å². The van der Waals surface area contributed by atoms with E-state index in [2.05, 4.69) is 10.6 Å². The highest BCUT2D eigenvalue weighted by Gasteiger charge is 2.30. The Hall–Kier alpha value is -1.14. The van der Waals surface area contributed by atoms with Crippen LogP contribution in [0.4, 0.5) is 0 Å². The summed E-state index contributed by atoms with van der Waals surface area (Å²) in [7, 11) is 1.75. The van der Waals surface area contributed by atoms with Crippen LogP contribution in [0, 0.1) is 0 Å². The third kappa shape index (κ3) is 3.17. The maximum atomic E-state index is 12.0. The van der Waals surface area contributed by atoms with Gasteiger partial charge >= 0.3 is 0 Å². The lowest BCUT2D eigenvalue weighted by Gasteiger charge is -2.29. The highest BCUT2D eigenvalue weighted by atomic mass is 16.5. The predicted molar refractivity (Wildman–Crippen MR) is 61.4 cm³/mol. The molecule has 2 aliphatic heterocycles. The largest absolute Gasteiger partial charge is 0.374 e. The van der Waals surface area contributed by atoms with Gasteiger partial charge in [0.15, 0.2) is 0 Å². The van der Waals surface area contributed by atoms with Crippen LogP contribution in [0.3, 0.4) is 0 Å². The Bertz CT molecular complexity index is 302. The monoisotopic (exact) mass is 241 g/mol. The molecule has 2 aliphatic rings. The van der Waals surface area contributed by atoms with Gasteiger partial charge in [0, 0.05) is 33.1 Å². The summed E-state index contributed by atoms with van der Waals surface area (Å²) >= 11 is 0. The third-order valence-electron chi connectivity index (χ3n) is 3.15. The second-order valence-electron chi connectivity index (χ2n) is 4.57. The van der Waals surface area contributed by atoms with E-state index in [1.807, 2.05) is 0 Å². The SMILES string of the molecule is CN(CC1CNCCO1)C(=O)[C@H]1CCC(=O)N1. The number of carbonyl (C=O) groups is 2. The number of hydrogen-bond acceptors (Lipinski definition) is 4. The van der Waals surface area contributed by atoms with E-state index in [1.165, 1.54) is 0 Å². The van der Waals surface area contributed by atoms with E-state index in [0.29, 0.717) is 26.0 Å².